The average molecular weight is 405 g/mol. The zero-order chi connectivity index (χ0) is 20.8. The molecule has 0 aliphatic rings. The van der Waals surface area contributed by atoms with E-state index in [0.29, 0.717) is 26.4 Å². The minimum atomic E-state index is 0.494. The van der Waals surface area contributed by atoms with Gasteiger partial charge in [0.1, 0.15) is 30.3 Å². The highest BCUT2D eigenvalue weighted by atomic mass is 16.5. The number of aromatic nitrogens is 3. The van der Waals surface area contributed by atoms with Crippen molar-refractivity contribution in [1.29, 1.82) is 0 Å². The van der Waals surface area contributed by atoms with Crippen molar-refractivity contribution in [2.45, 2.75) is 39.5 Å². The fourth-order valence-corrected chi connectivity index (χ4v) is 3.63. The van der Waals surface area contributed by atoms with Crippen molar-refractivity contribution in [3.63, 3.8) is 0 Å². The van der Waals surface area contributed by atoms with E-state index in [1.807, 2.05) is 43.5 Å². The van der Waals surface area contributed by atoms with Gasteiger partial charge in [0, 0.05) is 24.6 Å². The van der Waals surface area contributed by atoms with Crippen LogP contribution in [0.4, 0.5) is 0 Å². The summed E-state index contributed by atoms with van der Waals surface area (Å²) in [6.45, 7) is 5.24. The van der Waals surface area contributed by atoms with Crippen molar-refractivity contribution in [2.75, 3.05) is 13.2 Å². The monoisotopic (exact) mass is 404 g/mol. The molecule has 156 valence electrons. The van der Waals surface area contributed by atoms with Crippen LogP contribution in [0.2, 0.25) is 0 Å². The number of benzene rings is 2. The first-order chi connectivity index (χ1) is 14.8. The van der Waals surface area contributed by atoms with Crippen LogP contribution >= 0.6 is 0 Å². The van der Waals surface area contributed by atoms with Crippen LogP contribution in [0.1, 0.15) is 31.2 Å². The molecule has 0 amide bonds. The van der Waals surface area contributed by atoms with Crippen LogP contribution in [0, 0.1) is 0 Å². The largest absolute Gasteiger partial charge is 0.489 e. The van der Waals surface area contributed by atoms with Gasteiger partial charge in [0.25, 0.3) is 0 Å². The summed E-state index contributed by atoms with van der Waals surface area (Å²) in [4.78, 5) is 9.43. The number of aryl methyl sites for hydroxylation is 1. The Hall–Kier alpha value is -2.96. The van der Waals surface area contributed by atoms with Gasteiger partial charge in [-0.2, -0.15) is 0 Å². The number of nitrogens with two attached hydrogens (primary N) is 1. The molecule has 2 aromatic heterocycles. The normalized spacial score (nSPS) is 11.4. The van der Waals surface area contributed by atoms with E-state index in [4.69, 9.17) is 20.2 Å². The maximum atomic E-state index is 5.98. The molecule has 0 bridgehead atoms. The Kier molecular flexibility index (Phi) is 6.57. The third kappa shape index (κ3) is 4.45. The second-order valence-electron chi connectivity index (χ2n) is 7.26. The summed E-state index contributed by atoms with van der Waals surface area (Å²) in [5.41, 5.74) is 9.73. The molecule has 2 N–H and O–H groups in total. The van der Waals surface area contributed by atoms with Crippen molar-refractivity contribution in [3.05, 3.63) is 66.1 Å². The third-order valence-electron chi connectivity index (χ3n) is 5.14. The lowest BCUT2D eigenvalue weighted by Gasteiger charge is -2.11. The number of pyridine rings is 1. The molecule has 0 radical (unpaired) electrons. The van der Waals surface area contributed by atoms with Gasteiger partial charge in [-0.15, -0.1) is 0 Å². The molecule has 4 aromatic rings. The fraction of sp³-hybridized carbons (Fsp3) is 0.333. The minimum absolute atomic E-state index is 0.494. The Balaban J connectivity index is 1.67. The number of rotatable bonds is 10. The summed E-state index contributed by atoms with van der Waals surface area (Å²) < 4.78 is 13.9. The molecule has 2 heterocycles. The van der Waals surface area contributed by atoms with E-state index >= 15 is 0 Å². The number of nitrogens with zero attached hydrogens (tertiary/aromatic N) is 3. The highest BCUT2D eigenvalue weighted by Crippen LogP contribution is 2.28. The molecule has 6 heteroatoms. The molecule has 4 rings (SSSR count). The van der Waals surface area contributed by atoms with Gasteiger partial charge >= 0.3 is 0 Å². The lowest BCUT2D eigenvalue weighted by atomic mass is 10.1. The van der Waals surface area contributed by atoms with E-state index in [-0.39, 0.29) is 0 Å². The first kappa shape index (κ1) is 20.3. The van der Waals surface area contributed by atoms with Crippen LogP contribution in [-0.2, 0) is 24.5 Å². The van der Waals surface area contributed by atoms with Gasteiger partial charge in [0.15, 0.2) is 0 Å². The van der Waals surface area contributed by atoms with Gasteiger partial charge < -0.3 is 19.8 Å². The molecule has 0 saturated carbocycles. The Morgan fingerprint density at radius 3 is 2.67 bits per heavy atom. The summed E-state index contributed by atoms with van der Waals surface area (Å²) in [6.07, 6.45) is 3.82. The van der Waals surface area contributed by atoms with E-state index in [1.165, 1.54) is 0 Å². The maximum Gasteiger partial charge on any atom is 0.136 e. The fourth-order valence-electron chi connectivity index (χ4n) is 3.63. The molecular formula is C24H28N4O2. The second-order valence-corrected chi connectivity index (χ2v) is 7.26. The van der Waals surface area contributed by atoms with Gasteiger partial charge in [-0.1, -0.05) is 30.3 Å². The van der Waals surface area contributed by atoms with Crippen LogP contribution in [-0.4, -0.2) is 27.7 Å². The molecule has 0 atom stereocenters. The zero-order valence-corrected chi connectivity index (χ0v) is 17.4. The van der Waals surface area contributed by atoms with Crippen LogP contribution in [0.15, 0.2) is 54.7 Å². The van der Waals surface area contributed by atoms with Crippen molar-refractivity contribution >= 4 is 21.9 Å². The number of fused-ring (bicyclic) bond motifs is 3. The van der Waals surface area contributed by atoms with Crippen molar-refractivity contribution in [3.8, 4) is 5.75 Å². The Morgan fingerprint density at radius 1 is 1.00 bits per heavy atom. The van der Waals surface area contributed by atoms with Crippen molar-refractivity contribution < 1.29 is 9.47 Å². The zero-order valence-electron chi connectivity index (χ0n) is 17.4. The summed E-state index contributed by atoms with van der Waals surface area (Å²) in [5, 5.41) is 1.07. The van der Waals surface area contributed by atoms with E-state index in [0.717, 1.165) is 58.5 Å². The summed E-state index contributed by atoms with van der Waals surface area (Å²) >= 11 is 0. The number of unbranched alkanes of at least 4 members (excludes halogenated alkanes) is 1. The molecule has 6 nitrogen and oxygen atoms in total. The van der Waals surface area contributed by atoms with E-state index in [2.05, 4.69) is 27.8 Å². The Labute approximate surface area is 176 Å². The topological polar surface area (TPSA) is 75.2 Å². The summed E-state index contributed by atoms with van der Waals surface area (Å²) in [5.74, 6) is 1.74. The van der Waals surface area contributed by atoms with Gasteiger partial charge in [-0.05, 0) is 44.0 Å². The summed E-state index contributed by atoms with van der Waals surface area (Å²) in [6, 6.07) is 16.2. The first-order valence-electron chi connectivity index (χ1n) is 10.5. The van der Waals surface area contributed by atoms with Crippen LogP contribution < -0.4 is 10.5 Å². The highest BCUT2D eigenvalue weighted by molar-refractivity contribution is 6.02. The third-order valence-corrected chi connectivity index (χ3v) is 5.14. The lowest BCUT2D eigenvalue weighted by molar-refractivity contribution is 0.126. The lowest BCUT2D eigenvalue weighted by Crippen LogP contribution is -2.08. The van der Waals surface area contributed by atoms with Crippen LogP contribution in [0.25, 0.3) is 21.9 Å². The Bertz CT molecular complexity index is 1110. The molecule has 0 aliphatic heterocycles. The number of ether oxygens (including phenoxy) is 2. The second kappa shape index (κ2) is 9.69. The van der Waals surface area contributed by atoms with E-state index in [1.54, 1.807) is 0 Å². The molecule has 30 heavy (non-hydrogen) atoms. The van der Waals surface area contributed by atoms with Crippen LogP contribution in [0.3, 0.4) is 0 Å². The molecule has 0 saturated heterocycles. The molecular weight excluding hydrogens is 376 g/mol. The predicted octanol–water partition coefficient (Wildman–Crippen LogP) is 4.44. The van der Waals surface area contributed by atoms with Crippen molar-refractivity contribution in [2.24, 2.45) is 5.73 Å². The smallest absolute Gasteiger partial charge is 0.136 e. The van der Waals surface area contributed by atoms with Gasteiger partial charge in [0.05, 0.1) is 17.2 Å². The molecule has 2 aromatic carbocycles. The maximum absolute atomic E-state index is 5.98. The van der Waals surface area contributed by atoms with Gasteiger partial charge in [-0.25, -0.2) is 4.98 Å². The predicted molar refractivity (Wildman–Crippen MR) is 119 cm³/mol. The number of hydrogen-bond donors (Lipinski definition) is 1. The first-order valence-corrected chi connectivity index (χ1v) is 10.5. The highest BCUT2D eigenvalue weighted by Gasteiger charge is 2.15. The molecule has 0 unspecified atom stereocenters. The minimum Gasteiger partial charge on any atom is -0.489 e. The van der Waals surface area contributed by atoms with Gasteiger partial charge in [-0.3, -0.25) is 4.98 Å². The van der Waals surface area contributed by atoms with Gasteiger partial charge in [0.2, 0.25) is 0 Å². The molecule has 0 aliphatic carbocycles. The van der Waals surface area contributed by atoms with Crippen molar-refractivity contribution in [1.82, 2.24) is 14.5 Å². The molecule has 0 fully saturated rings. The standard InChI is InChI=1S/C24H28N4O2/c1-2-29-17-23-27-22-15-26-21-14-19(30-16-18-8-4-3-5-9-18)10-11-20(21)24(22)28(23)13-7-6-12-25/h3-5,8-11,14-15H,2,6-7,12-13,16-17,25H2,1H3. The number of imidazole rings is 1. The average Bonchev–Trinajstić information content (AvgIpc) is 3.14. The quantitative estimate of drug-likeness (QED) is 0.396. The SMILES string of the molecule is CCOCc1nc2cnc3cc(OCc4ccccc4)ccc3c2n1CCCCN. The van der Waals surface area contributed by atoms with E-state index < -0.39 is 0 Å². The number of hydrogen-bond acceptors (Lipinski definition) is 5. The molecule has 0 spiro atoms. The van der Waals surface area contributed by atoms with E-state index in [9.17, 15) is 0 Å². The summed E-state index contributed by atoms with van der Waals surface area (Å²) in [7, 11) is 0. The Morgan fingerprint density at radius 2 is 1.87 bits per heavy atom. The van der Waals surface area contributed by atoms with Crippen LogP contribution in [0.5, 0.6) is 5.75 Å².